The zero-order chi connectivity index (χ0) is 26.1. The maximum atomic E-state index is 13.2. The minimum Gasteiger partial charge on any atom is -0.386 e. The first-order chi connectivity index (χ1) is 17.6. The zero-order valence-electron chi connectivity index (χ0n) is 20.6. The summed E-state index contributed by atoms with van der Waals surface area (Å²) in [5.41, 5.74) is 10.9. The number of imidazole rings is 1. The van der Waals surface area contributed by atoms with Gasteiger partial charge in [0.25, 0.3) is 11.5 Å². The van der Waals surface area contributed by atoms with Gasteiger partial charge in [-0.05, 0) is 61.2 Å². The van der Waals surface area contributed by atoms with Crippen LogP contribution in [0.15, 0.2) is 78.1 Å². The monoisotopic (exact) mass is 491 g/mol. The Kier molecular flexibility index (Phi) is 4.86. The molecule has 0 aliphatic rings. The minimum atomic E-state index is -1.02. The van der Waals surface area contributed by atoms with E-state index >= 15 is 0 Å². The number of carbonyl (C=O) groups excluding carboxylic acids is 1. The normalized spacial score (nSPS) is 12.1. The van der Waals surface area contributed by atoms with Gasteiger partial charge in [0.15, 0.2) is 0 Å². The highest BCUT2D eigenvalue weighted by Crippen LogP contribution is 2.39. The molecule has 0 saturated heterocycles. The summed E-state index contributed by atoms with van der Waals surface area (Å²) in [6, 6.07) is 15.2. The summed E-state index contributed by atoms with van der Waals surface area (Å²) in [6.45, 7) is 5.44. The fourth-order valence-electron chi connectivity index (χ4n) is 5.10. The standard InChI is InChI=1S/C29H25N5O3/c1-16-18(5-4-6-23(16)34-14-13-33-12-11-31-27(33)28(34)36)19-9-10-21(26(30)35)25-24(19)20-8-7-17(29(2,3)37)15-22(20)32-25/h4-15,32,37H,1-3H3,(H2,30,35). The quantitative estimate of drug-likeness (QED) is 0.338. The molecular formula is C29H25N5O3. The lowest BCUT2D eigenvalue weighted by atomic mass is 9.92. The molecule has 3 aromatic carbocycles. The summed E-state index contributed by atoms with van der Waals surface area (Å²) in [5.74, 6) is -0.532. The molecule has 4 N–H and O–H groups in total. The van der Waals surface area contributed by atoms with E-state index in [0.717, 1.165) is 44.2 Å². The van der Waals surface area contributed by atoms with Crippen molar-refractivity contribution in [2.45, 2.75) is 26.4 Å². The van der Waals surface area contributed by atoms with Gasteiger partial charge in [-0.1, -0.05) is 30.3 Å². The van der Waals surface area contributed by atoms with Crippen molar-refractivity contribution in [1.82, 2.24) is 18.9 Å². The number of benzene rings is 3. The lowest BCUT2D eigenvalue weighted by molar-refractivity contribution is 0.0787. The van der Waals surface area contributed by atoms with Gasteiger partial charge in [0.1, 0.15) is 0 Å². The van der Waals surface area contributed by atoms with Gasteiger partial charge >= 0.3 is 0 Å². The molecule has 0 atom stereocenters. The van der Waals surface area contributed by atoms with Crippen LogP contribution < -0.4 is 11.3 Å². The van der Waals surface area contributed by atoms with Gasteiger partial charge in [-0.2, -0.15) is 0 Å². The third-order valence-electron chi connectivity index (χ3n) is 7.04. The first-order valence-corrected chi connectivity index (χ1v) is 11.9. The number of primary amides is 1. The fraction of sp³-hybridized carbons (Fsp3) is 0.138. The molecule has 0 aliphatic heterocycles. The smallest absolute Gasteiger partial charge is 0.298 e. The zero-order valence-corrected chi connectivity index (χ0v) is 20.6. The Morgan fingerprint density at radius 2 is 1.86 bits per heavy atom. The van der Waals surface area contributed by atoms with Crippen molar-refractivity contribution in [3.63, 3.8) is 0 Å². The molecular weight excluding hydrogens is 466 g/mol. The number of rotatable bonds is 4. The first-order valence-electron chi connectivity index (χ1n) is 11.9. The molecule has 6 aromatic rings. The minimum absolute atomic E-state index is 0.215. The van der Waals surface area contributed by atoms with E-state index in [1.165, 1.54) is 0 Å². The summed E-state index contributed by atoms with van der Waals surface area (Å²) in [7, 11) is 0. The number of nitrogens with one attached hydrogen (secondary N) is 1. The Morgan fingerprint density at radius 1 is 1.05 bits per heavy atom. The Morgan fingerprint density at radius 3 is 2.62 bits per heavy atom. The molecule has 3 heterocycles. The number of nitrogens with zero attached hydrogens (tertiary/aromatic N) is 3. The van der Waals surface area contributed by atoms with E-state index in [0.29, 0.717) is 16.7 Å². The van der Waals surface area contributed by atoms with E-state index in [4.69, 9.17) is 5.73 Å². The van der Waals surface area contributed by atoms with Crippen molar-refractivity contribution in [3.8, 4) is 16.8 Å². The van der Waals surface area contributed by atoms with Crippen LogP contribution in [-0.4, -0.2) is 29.9 Å². The third-order valence-corrected chi connectivity index (χ3v) is 7.04. The summed E-state index contributed by atoms with van der Waals surface area (Å²) in [4.78, 5) is 33.0. The Hall–Kier alpha value is -4.69. The van der Waals surface area contributed by atoms with Gasteiger partial charge < -0.3 is 20.2 Å². The number of amides is 1. The molecule has 0 bridgehead atoms. The van der Waals surface area contributed by atoms with Crippen LogP contribution in [0.1, 0.15) is 35.3 Å². The maximum Gasteiger partial charge on any atom is 0.298 e. The molecule has 184 valence electrons. The number of aromatic amines is 1. The van der Waals surface area contributed by atoms with Crippen LogP contribution in [0.4, 0.5) is 0 Å². The van der Waals surface area contributed by atoms with E-state index in [9.17, 15) is 14.7 Å². The molecule has 8 nitrogen and oxygen atoms in total. The number of fused-ring (bicyclic) bond motifs is 4. The number of aromatic nitrogens is 4. The lowest BCUT2D eigenvalue weighted by Crippen LogP contribution is -2.20. The van der Waals surface area contributed by atoms with Crippen LogP contribution in [0.5, 0.6) is 0 Å². The SMILES string of the molecule is Cc1c(-c2ccc(C(N)=O)c3[nH]c4cc(C(C)(C)O)ccc4c23)cccc1-n1ccn2ccnc2c1=O. The number of aliphatic hydroxyl groups is 1. The van der Waals surface area contributed by atoms with Gasteiger partial charge in [0.2, 0.25) is 5.65 Å². The predicted octanol–water partition coefficient (Wildman–Crippen LogP) is 4.42. The Balaban J connectivity index is 1.64. The molecule has 0 saturated carbocycles. The Bertz CT molecular complexity index is 1940. The van der Waals surface area contributed by atoms with Crippen molar-refractivity contribution < 1.29 is 9.90 Å². The van der Waals surface area contributed by atoms with Crippen LogP contribution in [0, 0.1) is 6.92 Å². The number of carbonyl (C=O) groups is 1. The molecule has 0 unspecified atom stereocenters. The number of H-pyrrole nitrogens is 1. The summed E-state index contributed by atoms with van der Waals surface area (Å²) >= 11 is 0. The van der Waals surface area contributed by atoms with Crippen LogP contribution >= 0.6 is 0 Å². The predicted molar refractivity (Wildman–Crippen MR) is 144 cm³/mol. The molecule has 0 spiro atoms. The van der Waals surface area contributed by atoms with Gasteiger partial charge in [-0.3, -0.25) is 14.2 Å². The summed E-state index contributed by atoms with van der Waals surface area (Å²) < 4.78 is 3.29. The van der Waals surface area contributed by atoms with E-state index in [1.54, 1.807) is 53.7 Å². The molecule has 37 heavy (non-hydrogen) atoms. The van der Waals surface area contributed by atoms with E-state index in [2.05, 4.69) is 9.97 Å². The Labute approximate surface area is 211 Å². The first kappa shape index (κ1) is 22.8. The highest BCUT2D eigenvalue weighted by Gasteiger charge is 2.21. The van der Waals surface area contributed by atoms with Gasteiger partial charge in [-0.25, -0.2) is 4.98 Å². The molecule has 1 amide bonds. The average Bonchev–Trinajstić information content (AvgIpc) is 3.48. The summed E-state index contributed by atoms with van der Waals surface area (Å²) in [6.07, 6.45) is 6.87. The van der Waals surface area contributed by atoms with Crippen LogP contribution in [0.3, 0.4) is 0 Å². The highest BCUT2D eigenvalue weighted by molar-refractivity contribution is 6.20. The second kappa shape index (κ2) is 7.91. The molecule has 0 aliphatic carbocycles. The van der Waals surface area contributed by atoms with Crippen LogP contribution in [0.25, 0.3) is 44.3 Å². The third kappa shape index (κ3) is 3.45. The molecule has 3 aromatic heterocycles. The molecule has 0 fully saturated rings. The lowest BCUT2D eigenvalue weighted by Gasteiger charge is -2.17. The largest absolute Gasteiger partial charge is 0.386 e. The fourth-order valence-corrected chi connectivity index (χ4v) is 5.10. The van der Waals surface area contributed by atoms with Crippen molar-refractivity contribution in [3.05, 3.63) is 100 Å². The van der Waals surface area contributed by atoms with Crippen LogP contribution in [0.2, 0.25) is 0 Å². The average molecular weight is 492 g/mol. The van der Waals surface area contributed by atoms with Gasteiger partial charge in [0.05, 0.1) is 22.4 Å². The molecule has 6 rings (SSSR count). The molecule has 8 heteroatoms. The summed E-state index contributed by atoms with van der Waals surface area (Å²) in [5, 5.41) is 12.3. The number of nitrogens with two attached hydrogens (primary N) is 1. The second-order valence-corrected chi connectivity index (χ2v) is 9.80. The van der Waals surface area contributed by atoms with Crippen molar-refractivity contribution in [1.29, 1.82) is 0 Å². The number of hydrogen-bond acceptors (Lipinski definition) is 4. The van der Waals surface area contributed by atoms with Crippen molar-refractivity contribution in [2.75, 3.05) is 0 Å². The van der Waals surface area contributed by atoms with E-state index < -0.39 is 11.5 Å². The topological polar surface area (TPSA) is 118 Å². The van der Waals surface area contributed by atoms with Gasteiger partial charge in [-0.15, -0.1) is 0 Å². The van der Waals surface area contributed by atoms with E-state index in [1.807, 2.05) is 49.4 Å². The van der Waals surface area contributed by atoms with E-state index in [-0.39, 0.29) is 5.56 Å². The molecule has 0 radical (unpaired) electrons. The number of hydrogen-bond donors (Lipinski definition) is 3. The second-order valence-electron chi connectivity index (χ2n) is 9.80. The highest BCUT2D eigenvalue weighted by atomic mass is 16.3. The van der Waals surface area contributed by atoms with Crippen LogP contribution in [-0.2, 0) is 5.60 Å². The van der Waals surface area contributed by atoms with Crippen molar-refractivity contribution in [2.24, 2.45) is 5.73 Å². The maximum absolute atomic E-state index is 13.2. The van der Waals surface area contributed by atoms with Crippen molar-refractivity contribution >= 4 is 33.4 Å². The van der Waals surface area contributed by atoms with Gasteiger partial charge in [0, 0.05) is 41.1 Å².